The van der Waals surface area contributed by atoms with Gasteiger partial charge in [-0.05, 0) is 16.7 Å². The van der Waals surface area contributed by atoms with E-state index in [4.69, 9.17) is 16.3 Å². The fourth-order valence-electron chi connectivity index (χ4n) is 2.85. The summed E-state index contributed by atoms with van der Waals surface area (Å²) >= 11 is 6.01. The molecule has 1 nitrogen and oxygen atoms in total. The lowest BCUT2D eigenvalue weighted by molar-refractivity contribution is 0.0440. The highest BCUT2D eigenvalue weighted by Crippen LogP contribution is 2.40. The summed E-state index contributed by atoms with van der Waals surface area (Å²) in [5.74, 6) is 0. The van der Waals surface area contributed by atoms with Crippen molar-refractivity contribution in [2.75, 3.05) is 6.07 Å². The fourth-order valence-corrected chi connectivity index (χ4v) is 3.01. The molecule has 0 amide bonds. The molecule has 23 heavy (non-hydrogen) atoms. The summed E-state index contributed by atoms with van der Waals surface area (Å²) in [4.78, 5) is 0. The van der Waals surface area contributed by atoms with E-state index < -0.39 is 5.60 Å². The van der Waals surface area contributed by atoms with Crippen LogP contribution in [0.3, 0.4) is 0 Å². The minimum absolute atomic E-state index is 0. The smallest absolute Gasteiger partial charge is 0.145 e. The largest absolute Gasteiger partial charge is 0.345 e. The van der Waals surface area contributed by atoms with Crippen molar-refractivity contribution >= 4 is 21.5 Å². The Hall–Kier alpha value is -1.66. The van der Waals surface area contributed by atoms with E-state index in [1.165, 1.54) is 0 Å². The second-order valence-electron chi connectivity index (χ2n) is 5.03. The number of benzene rings is 3. The maximum Gasteiger partial charge on any atom is 0.145 e. The fraction of sp³-hybridized carbons (Fsp3) is 0.100. The average molecular weight is 343 g/mol. The molecule has 118 valence electrons. The Morgan fingerprint density at radius 2 is 0.913 bits per heavy atom. The first-order chi connectivity index (χ1) is 10.9. The van der Waals surface area contributed by atoms with Gasteiger partial charge in [0, 0.05) is 0 Å². The number of alkyl halides is 1. The quantitative estimate of drug-likeness (QED) is 0.349. The third-order valence-corrected chi connectivity index (χ3v) is 3.92. The number of halogens is 1. The minimum Gasteiger partial charge on any atom is -0.345 e. The average Bonchev–Trinajstić information content (AvgIpc) is 2.62. The SMILES string of the molecule is ClCOC(c1ccccc1)(c1ccccc1)c1ccccc1.P. The maximum absolute atomic E-state index is 6.15. The molecule has 0 fully saturated rings. The number of hydrogen-bond acceptors (Lipinski definition) is 1. The third-order valence-electron chi connectivity index (χ3n) is 3.81. The van der Waals surface area contributed by atoms with E-state index in [0.29, 0.717) is 0 Å². The molecule has 3 aromatic carbocycles. The van der Waals surface area contributed by atoms with Crippen molar-refractivity contribution in [1.29, 1.82) is 0 Å². The molecular weight excluding hydrogens is 323 g/mol. The van der Waals surface area contributed by atoms with Gasteiger partial charge < -0.3 is 4.74 Å². The van der Waals surface area contributed by atoms with Crippen molar-refractivity contribution in [1.82, 2.24) is 0 Å². The molecule has 0 aliphatic rings. The molecule has 0 saturated carbocycles. The van der Waals surface area contributed by atoms with Gasteiger partial charge in [0.1, 0.15) is 11.7 Å². The van der Waals surface area contributed by atoms with E-state index in [0.717, 1.165) is 16.7 Å². The van der Waals surface area contributed by atoms with Crippen LogP contribution in [-0.2, 0) is 10.3 Å². The maximum atomic E-state index is 6.15. The monoisotopic (exact) mass is 342 g/mol. The molecule has 0 heterocycles. The Bertz CT molecular complexity index is 605. The number of rotatable bonds is 5. The van der Waals surface area contributed by atoms with Gasteiger partial charge in [-0.1, -0.05) is 103 Å². The van der Waals surface area contributed by atoms with Crippen LogP contribution in [0.25, 0.3) is 0 Å². The summed E-state index contributed by atoms with van der Waals surface area (Å²) in [5.41, 5.74) is 2.49. The van der Waals surface area contributed by atoms with Gasteiger partial charge in [0.05, 0.1) is 0 Å². The molecule has 1 atom stereocenters. The summed E-state index contributed by atoms with van der Waals surface area (Å²) in [6.45, 7) is 0. The van der Waals surface area contributed by atoms with Crippen LogP contribution >= 0.6 is 21.5 Å². The molecule has 0 spiro atoms. The van der Waals surface area contributed by atoms with Crippen LogP contribution in [0.1, 0.15) is 16.7 Å². The summed E-state index contributed by atoms with van der Waals surface area (Å²) in [6.07, 6.45) is 0. The van der Waals surface area contributed by atoms with Crippen LogP contribution in [0.15, 0.2) is 91.0 Å². The van der Waals surface area contributed by atoms with E-state index in [-0.39, 0.29) is 16.0 Å². The lowest BCUT2D eigenvalue weighted by Gasteiger charge is -2.35. The third kappa shape index (κ3) is 3.48. The zero-order valence-corrected chi connectivity index (χ0v) is 15.0. The molecule has 0 aliphatic heterocycles. The Kier molecular flexibility index (Phi) is 6.36. The van der Waals surface area contributed by atoms with E-state index in [1.807, 2.05) is 54.6 Å². The molecule has 0 aromatic heterocycles. The standard InChI is InChI=1S/C20H17ClO.H3P/c21-16-22-20(17-10-4-1-5-11-17,18-12-6-2-7-13-18)19-14-8-3-9-15-19;/h1-15H,16H2;1H3. The summed E-state index contributed by atoms with van der Waals surface area (Å²) < 4.78 is 6.15. The molecular formula is C20H20ClOP. The molecule has 0 saturated heterocycles. The summed E-state index contributed by atoms with van der Waals surface area (Å²) in [7, 11) is 0. The van der Waals surface area contributed by atoms with Crippen molar-refractivity contribution in [2.24, 2.45) is 0 Å². The van der Waals surface area contributed by atoms with E-state index >= 15 is 0 Å². The van der Waals surface area contributed by atoms with Gasteiger partial charge in [-0.3, -0.25) is 0 Å². The molecule has 0 bridgehead atoms. The Morgan fingerprint density at radius 1 is 0.609 bits per heavy atom. The van der Waals surface area contributed by atoms with Crippen LogP contribution in [0, 0.1) is 0 Å². The molecule has 3 heteroatoms. The first kappa shape index (κ1) is 17.7. The zero-order chi connectivity index (χ0) is 15.3. The van der Waals surface area contributed by atoms with Gasteiger partial charge in [-0.15, -0.1) is 0 Å². The molecule has 0 radical (unpaired) electrons. The van der Waals surface area contributed by atoms with Crippen molar-refractivity contribution in [3.05, 3.63) is 108 Å². The van der Waals surface area contributed by atoms with E-state index in [1.54, 1.807) is 0 Å². The van der Waals surface area contributed by atoms with Crippen LogP contribution in [0.4, 0.5) is 0 Å². The number of hydrogen-bond donors (Lipinski definition) is 0. The summed E-state index contributed by atoms with van der Waals surface area (Å²) in [6, 6.07) is 30.7. The molecule has 0 aliphatic carbocycles. The van der Waals surface area contributed by atoms with Gasteiger partial charge in [0.2, 0.25) is 0 Å². The first-order valence-electron chi connectivity index (χ1n) is 7.24. The highest BCUT2D eigenvalue weighted by molar-refractivity contribution is 6.92. The lowest BCUT2D eigenvalue weighted by atomic mass is 9.80. The Balaban J connectivity index is 0.00000192. The van der Waals surface area contributed by atoms with E-state index in [9.17, 15) is 0 Å². The first-order valence-corrected chi connectivity index (χ1v) is 7.78. The Labute approximate surface area is 145 Å². The van der Waals surface area contributed by atoms with Crippen molar-refractivity contribution in [3.8, 4) is 0 Å². The van der Waals surface area contributed by atoms with Crippen LogP contribution in [0.2, 0.25) is 0 Å². The lowest BCUT2D eigenvalue weighted by Crippen LogP contribution is -2.32. The molecule has 3 rings (SSSR count). The molecule has 1 unspecified atom stereocenters. The van der Waals surface area contributed by atoms with Crippen molar-refractivity contribution in [3.63, 3.8) is 0 Å². The van der Waals surface area contributed by atoms with Crippen LogP contribution in [-0.4, -0.2) is 6.07 Å². The zero-order valence-electron chi connectivity index (χ0n) is 12.9. The highest BCUT2D eigenvalue weighted by Gasteiger charge is 2.37. The Morgan fingerprint density at radius 3 is 1.17 bits per heavy atom. The highest BCUT2D eigenvalue weighted by atomic mass is 35.5. The molecule has 3 aromatic rings. The van der Waals surface area contributed by atoms with Crippen LogP contribution in [0.5, 0.6) is 0 Å². The van der Waals surface area contributed by atoms with Gasteiger partial charge in [0.15, 0.2) is 0 Å². The van der Waals surface area contributed by atoms with Gasteiger partial charge in [-0.2, -0.15) is 9.90 Å². The van der Waals surface area contributed by atoms with E-state index in [2.05, 4.69) is 36.4 Å². The van der Waals surface area contributed by atoms with Gasteiger partial charge in [-0.25, -0.2) is 0 Å². The predicted octanol–water partition coefficient (Wildman–Crippen LogP) is 5.25. The molecule has 0 N–H and O–H groups in total. The topological polar surface area (TPSA) is 9.23 Å². The van der Waals surface area contributed by atoms with Crippen molar-refractivity contribution in [2.45, 2.75) is 5.60 Å². The van der Waals surface area contributed by atoms with Gasteiger partial charge in [0.25, 0.3) is 0 Å². The second kappa shape index (κ2) is 8.26. The minimum atomic E-state index is -0.703. The van der Waals surface area contributed by atoms with Crippen LogP contribution < -0.4 is 0 Å². The number of ether oxygens (including phenoxy) is 1. The summed E-state index contributed by atoms with van der Waals surface area (Å²) in [5, 5.41) is 0. The van der Waals surface area contributed by atoms with Crippen molar-refractivity contribution < 1.29 is 4.74 Å². The predicted molar refractivity (Wildman–Crippen MR) is 102 cm³/mol. The van der Waals surface area contributed by atoms with Gasteiger partial charge >= 0.3 is 0 Å². The normalized spacial score (nSPS) is 10.8. The second-order valence-corrected chi connectivity index (χ2v) is 5.25.